The Morgan fingerprint density at radius 3 is 2.80 bits per heavy atom. The van der Waals surface area contributed by atoms with E-state index in [1.807, 2.05) is 0 Å². The largest absolute Gasteiger partial charge is 0.504 e. The molecule has 4 nitrogen and oxygen atoms in total. The Bertz CT molecular complexity index is 508. The Morgan fingerprint density at radius 2 is 2.20 bits per heavy atom. The van der Waals surface area contributed by atoms with Gasteiger partial charge in [-0.05, 0) is 12.1 Å². The summed E-state index contributed by atoms with van der Waals surface area (Å²) >= 11 is 0. The summed E-state index contributed by atoms with van der Waals surface area (Å²) in [5.41, 5.74) is 0.290. The number of nitrogens with zero attached hydrogens (tertiary/aromatic N) is 2. The van der Waals surface area contributed by atoms with Gasteiger partial charge in [-0.25, -0.2) is 8.91 Å². The molecular formula is C10H10FN2O2+. The second-order valence-corrected chi connectivity index (χ2v) is 3.23. The van der Waals surface area contributed by atoms with Gasteiger partial charge in [0.05, 0.1) is 7.05 Å². The summed E-state index contributed by atoms with van der Waals surface area (Å²) < 4.78 is 19.7. The summed E-state index contributed by atoms with van der Waals surface area (Å²) in [6.07, 6.45) is 0. The summed E-state index contributed by atoms with van der Waals surface area (Å²) in [6.45, 7) is 1.75. The maximum atomic E-state index is 13.1. The number of rotatable bonds is 1. The van der Waals surface area contributed by atoms with Crippen molar-refractivity contribution in [3.05, 3.63) is 29.8 Å². The van der Waals surface area contributed by atoms with Crippen molar-refractivity contribution < 1.29 is 18.6 Å². The molecule has 0 aliphatic rings. The fraction of sp³-hybridized carbons (Fsp3) is 0.200. The molecule has 1 heterocycles. The molecule has 0 amide bonds. The van der Waals surface area contributed by atoms with Crippen molar-refractivity contribution in [2.45, 2.75) is 6.92 Å². The van der Waals surface area contributed by atoms with Crippen molar-refractivity contribution in [3.63, 3.8) is 0 Å². The fourth-order valence-electron chi connectivity index (χ4n) is 1.30. The monoisotopic (exact) mass is 209 g/mol. The third-order valence-corrected chi connectivity index (χ3v) is 2.27. The highest BCUT2D eigenvalue weighted by Crippen LogP contribution is 2.28. The SMILES string of the molecule is Cc1noc(-c2cccc(F)c2O)[n+]1C. The van der Waals surface area contributed by atoms with Crippen molar-refractivity contribution >= 4 is 0 Å². The molecule has 1 aromatic carbocycles. The van der Waals surface area contributed by atoms with Gasteiger partial charge in [0, 0.05) is 6.92 Å². The summed E-state index contributed by atoms with van der Waals surface area (Å²) in [6, 6.07) is 4.25. The Balaban J connectivity index is 2.64. The number of phenolic OH excluding ortho intramolecular Hbond substituents is 1. The van der Waals surface area contributed by atoms with Gasteiger partial charge in [0.2, 0.25) is 0 Å². The van der Waals surface area contributed by atoms with Gasteiger partial charge < -0.3 is 5.11 Å². The van der Waals surface area contributed by atoms with Crippen LogP contribution >= 0.6 is 0 Å². The number of aromatic hydroxyl groups is 1. The summed E-state index contributed by atoms with van der Waals surface area (Å²) in [4.78, 5) is 0. The van der Waals surface area contributed by atoms with Gasteiger partial charge >= 0.3 is 11.7 Å². The Morgan fingerprint density at radius 1 is 1.47 bits per heavy atom. The van der Waals surface area contributed by atoms with E-state index >= 15 is 0 Å². The van der Waals surface area contributed by atoms with Crippen LogP contribution in [0.1, 0.15) is 5.82 Å². The number of aromatic nitrogens is 2. The van der Waals surface area contributed by atoms with Gasteiger partial charge in [-0.3, -0.25) is 0 Å². The van der Waals surface area contributed by atoms with Crippen molar-refractivity contribution in [2.75, 3.05) is 0 Å². The molecule has 5 heteroatoms. The predicted octanol–water partition coefficient (Wildman–Crippen LogP) is 1.32. The van der Waals surface area contributed by atoms with Gasteiger partial charge in [0.25, 0.3) is 0 Å². The first-order valence-electron chi connectivity index (χ1n) is 4.41. The zero-order valence-corrected chi connectivity index (χ0v) is 8.36. The standard InChI is InChI=1S/C10H9FN2O2/c1-6-12-15-10(13(6)2)7-4-3-5-8(11)9(7)14/h3-5H,1-2H3/p+1. The van der Waals surface area contributed by atoms with Gasteiger partial charge in [-0.1, -0.05) is 6.07 Å². The lowest BCUT2D eigenvalue weighted by Crippen LogP contribution is -2.31. The van der Waals surface area contributed by atoms with E-state index in [2.05, 4.69) is 5.16 Å². The number of hydrogen-bond donors (Lipinski definition) is 1. The number of para-hydroxylation sites is 1. The van der Waals surface area contributed by atoms with Crippen LogP contribution in [-0.2, 0) is 7.05 Å². The zero-order valence-electron chi connectivity index (χ0n) is 8.36. The smallest absolute Gasteiger partial charge is 0.352 e. The molecule has 0 aliphatic heterocycles. The van der Waals surface area contributed by atoms with Gasteiger partial charge in [0.15, 0.2) is 16.7 Å². The molecule has 0 saturated carbocycles. The summed E-state index contributed by atoms with van der Waals surface area (Å²) in [5.74, 6) is -0.135. The van der Waals surface area contributed by atoms with Crippen LogP contribution in [0.2, 0.25) is 0 Å². The van der Waals surface area contributed by atoms with Crippen LogP contribution in [0, 0.1) is 12.7 Å². The maximum Gasteiger partial charge on any atom is 0.352 e. The molecule has 2 aromatic rings. The Kier molecular flexibility index (Phi) is 2.15. The summed E-state index contributed by atoms with van der Waals surface area (Å²) in [5, 5.41) is 13.2. The second-order valence-electron chi connectivity index (χ2n) is 3.23. The first-order chi connectivity index (χ1) is 7.11. The minimum atomic E-state index is -0.679. The van der Waals surface area contributed by atoms with Gasteiger partial charge in [-0.15, -0.1) is 0 Å². The Labute approximate surface area is 85.6 Å². The van der Waals surface area contributed by atoms with Crippen LogP contribution in [0.3, 0.4) is 0 Å². The third kappa shape index (κ3) is 1.45. The quantitative estimate of drug-likeness (QED) is 0.720. The lowest BCUT2D eigenvalue weighted by atomic mass is 10.2. The molecule has 0 bridgehead atoms. The molecule has 15 heavy (non-hydrogen) atoms. The van der Waals surface area contributed by atoms with Crippen LogP contribution < -0.4 is 4.57 Å². The van der Waals surface area contributed by atoms with Crippen LogP contribution in [0.25, 0.3) is 11.5 Å². The number of phenols is 1. The van der Waals surface area contributed by atoms with Crippen molar-refractivity contribution in [1.82, 2.24) is 5.16 Å². The summed E-state index contributed by atoms with van der Waals surface area (Å²) in [7, 11) is 1.73. The number of aryl methyl sites for hydroxylation is 1. The van der Waals surface area contributed by atoms with E-state index in [0.29, 0.717) is 11.7 Å². The van der Waals surface area contributed by atoms with Crippen molar-refractivity contribution in [1.29, 1.82) is 0 Å². The zero-order chi connectivity index (χ0) is 11.0. The molecule has 0 saturated heterocycles. The normalized spacial score (nSPS) is 10.6. The molecule has 78 valence electrons. The predicted molar refractivity (Wildman–Crippen MR) is 49.5 cm³/mol. The van der Waals surface area contributed by atoms with E-state index in [-0.39, 0.29) is 5.56 Å². The molecule has 0 spiro atoms. The molecule has 0 unspecified atom stereocenters. The number of hydrogen-bond acceptors (Lipinski definition) is 3. The molecule has 0 atom stereocenters. The van der Waals surface area contributed by atoms with E-state index in [1.165, 1.54) is 12.1 Å². The van der Waals surface area contributed by atoms with E-state index in [4.69, 9.17) is 4.52 Å². The molecule has 0 aliphatic carbocycles. The first-order valence-corrected chi connectivity index (χ1v) is 4.41. The highest BCUT2D eigenvalue weighted by molar-refractivity contribution is 5.60. The molecular weight excluding hydrogens is 199 g/mol. The minimum Gasteiger partial charge on any atom is -0.504 e. The molecule has 1 N–H and O–H groups in total. The Hall–Kier alpha value is -1.91. The molecule has 2 rings (SSSR count). The average Bonchev–Trinajstić information content (AvgIpc) is 2.53. The fourth-order valence-corrected chi connectivity index (χ4v) is 1.30. The van der Waals surface area contributed by atoms with Crippen molar-refractivity contribution in [3.8, 4) is 17.2 Å². The van der Waals surface area contributed by atoms with Gasteiger partial charge in [0.1, 0.15) is 5.56 Å². The van der Waals surface area contributed by atoms with E-state index in [9.17, 15) is 9.50 Å². The molecule has 1 aromatic heterocycles. The highest BCUT2D eigenvalue weighted by atomic mass is 19.1. The number of halogens is 1. The highest BCUT2D eigenvalue weighted by Gasteiger charge is 2.22. The van der Waals surface area contributed by atoms with E-state index in [1.54, 1.807) is 24.6 Å². The van der Waals surface area contributed by atoms with Crippen molar-refractivity contribution in [2.24, 2.45) is 7.05 Å². The maximum absolute atomic E-state index is 13.1. The third-order valence-electron chi connectivity index (χ3n) is 2.27. The second kappa shape index (κ2) is 3.34. The molecule has 0 fully saturated rings. The number of benzene rings is 1. The average molecular weight is 209 g/mol. The first kappa shape index (κ1) is 9.64. The van der Waals surface area contributed by atoms with Crippen LogP contribution in [-0.4, -0.2) is 10.3 Å². The minimum absolute atomic E-state index is 0.290. The van der Waals surface area contributed by atoms with Crippen LogP contribution in [0.15, 0.2) is 22.7 Å². The van der Waals surface area contributed by atoms with E-state index in [0.717, 1.165) is 0 Å². The topological polar surface area (TPSA) is 50.1 Å². The van der Waals surface area contributed by atoms with Crippen LogP contribution in [0.5, 0.6) is 5.75 Å². The van der Waals surface area contributed by atoms with Crippen LogP contribution in [0.4, 0.5) is 4.39 Å². The lowest BCUT2D eigenvalue weighted by Gasteiger charge is -1.99. The lowest BCUT2D eigenvalue weighted by molar-refractivity contribution is -0.669. The van der Waals surface area contributed by atoms with E-state index < -0.39 is 11.6 Å². The van der Waals surface area contributed by atoms with Gasteiger partial charge in [-0.2, -0.15) is 4.57 Å². The molecule has 0 radical (unpaired) electrons.